The summed E-state index contributed by atoms with van der Waals surface area (Å²) in [5.74, 6) is -2.50. The SMILES string of the molecule is CC(=O)C1(C(C)=O)CC1C(=O)O. The minimum absolute atomic E-state index is 0.174. The fourth-order valence-electron chi connectivity index (χ4n) is 1.59. The molecule has 1 N–H and O–H groups in total. The first-order valence-corrected chi connectivity index (χ1v) is 3.68. The van der Waals surface area contributed by atoms with Crippen molar-refractivity contribution in [3.8, 4) is 0 Å². The summed E-state index contributed by atoms with van der Waals surface area (Å²) in [7, 11) is 0. The largest absolute Gasteiger partial charge is 0.481 e. The number of carboxylic acids is 1. The van der Waals surface area contributed by atoms with Gasteiger partial charge in [0.25, 0.3) is 0 Å². The van der Waals surface area contributed by atoms with E-state index in [0.29, 0.717) is 0 Å². The van der Waals surface area contributed by atoms with E-state index in [4.69, 9.17) is 5.11 Å². The number of carboxylic acid groups (broad SMARTS) is 1. The summed E-state index contributed by atoms with van der Waals surface area (Å²) >= 11 is 0. The summed E-state index contributed by atoms with van der Waals surface area (Å²) in [5.41, 5.74) is -1.19. The normalized spacial score (nSPS) is 24.7. The summed E-state index contributed by atoms with van der Waals surface area (Å²) < 4.78 is 0. The fraction of sp³-hybridized carbons (Fsp3) is 0.625. The van der Waals surface area contributed by atoms with Crippen LogP contribution in [0.25, 0.3) is 0 Å². The molecular formula is C8H10O4. The number of Topliss-reactive ketones (excluding diaryl/α,β-unsaturated/α-hetero) is 2. The lowest BCUT2D eigenvalue weighted by Gasteiger charge is -2.06. The highest BCUT2D eigenvalue weighted by Gasteiger charge is 2.65. The van der Waals surface area contributed by atoms with Crippen LogP contribution < -0.4 is 0 Å². The van der Waals surface area contributed by atoms with Gasteiger partial charge in [0.1, 0.15) is 17.0 Å². The number of carbonyl (C=O) groups excluding carboxylic acids is 2. The lowest BCUT2D eigenvalue weighted by atomic mass is 9.94. The van der Waals surface area contributed by atoms with Crippen LogP contribution in [0.4, 0.5) is 0 Å². The Morgan fingerprint density at radius 3 is 1.75 bits per heavy atom. The van der Waals surface area contributed by atoms with Crippen molar-refractivity contribution in [3.63, 3.8) is 0 Å². The van der Waals surface area contributed by atoms with E-state index in [-0.39, 0.29) is 18.0 Å². The van der Waals surface area contributed by atoms with Gasteiger partial charge < -0.3 is 5.11 Å². The molecule has 0 radical (unpaired) electrons. The number of ketones is 2. The molecule has 0 aromatic carbocycles. The molecule has 12 heavy (non-hydrogen) atoms. The molecule has 4 nitrogen and oxygen atoms in total. The number of hydrogen-bond acceptors (Lipinski definition) is 3. The second kappa shape index (κ2) is 2.40. The van der Waals surface area contributed by atoms with Gasteiger partial charge >= 0.3 is 5.97 Å². The van der Waals surface area contributed by atoms with Gasteiger partial charge in [-0.15, -0.1) is 0 Å². The van der Waals surface area contributed by atoms with E-state index < -0.39 is 17.3 Å². The molecule has 1 aliphatic rings. The van der Waals surface area contributed by atoms with Crippen LogP contribution in [0.15, 0.2) is 0 Å². The molecule has 1 fully saturated rings. The third-order valence-electron chi connectivity index (χ3n) is 2.52. The van der Waals surface area contributed by atoms with Crippen molar-refractivity contribution in [2.45, 2.75) is 20.3 Å². The first-order chi connectivity index (χ1) is 5.43. The van der Waals surface area contributed by atoms with Gasteiger partial charge in [-0.2, -0.15) is 0 Å². The minimum Gasteiger partial charge on any atom is -0.481 e. The number of rotatable bonds is 3. The van der Waals surface area contributed by atoms with Crippen molar-refractivity contribution in [1.29, 1.82) is 0 Å². The minimum atomic E-state index is -1.19. The van der Waals surface area contributed by atoms with Crippen LogP contribution in [-0.2, 0) is 14.4 Å². The zero-order valence-electron chi connectivity index (χ0n) is 6.96. The molecule has 0 aliphatic heterocycles. The van der Waals surface area contributed by atoms with Gasteiger partial charge in [-0.05, 0) is 20.3 Å². The first kappa shape index (κ1) is 8.90. The highest BCUT2D eigenvalue weighted by molar-refractivity contribution is 6.12. The Hall–Kier alpha value is -1.19. The summed E-state index contributed by atoms with van der Waals surface area (Å²) in [6.07, 6.45) is 0.174. The van der Waals surface area contributed by atoms with E-state index in [1.54, 1.807) is 0 Å². The Balaban J connectivity index is 2.90. The Kier molecular flexibility index (Phi) is 1.78. The third-order valence-corrected chi connectivity index (χ3v) is 2.52. The monoisotopic (exact) mass is 170 g/mol. The number of carbonyl (C=O) groups is 3. The van der Waals surface area contributed by atoms with Gasteiger partial charge in [-0.1, -0.05) is 0 Å². The lowest BCUT2D eigenvalue weighted by molar-refractivity contribution is -0.144. The molecule has 1 aliphatic carbocycles. The highest BCUT2D eigenvalue weighted by atomic mass is 16.4. The molecule has 0 bridgehead atoms. The summed E-state index contributed by atoms with van der Waals surface area (Å²) in [4.78, 5) is 32.5. The average Bonchev–Trinajstić information content (AvgIpc) is 2.60. The maximum absolute atomic E-state index is 11.0. The highest BCUT2D eigenvalue weighted by Crippen LogP contribution is 2.54. The van der Waals surface area contributed by atoms with E-state index in [1.807, 2.05) is 0 Å². The smallest absolute Gasteiger partial charge is 0.308 e. The zero-order chi connectivity index (χ0) is 9.52. The van der Waals surface area contributed by atoms with Gasteiger partial charge in [0, 0.05) is 0 Å². The van der Waals surface area contributed by atoms with Crippen molar-refractivity contribution in [2.75, 3.05) is 0 Å². The predicted octanol–water partition coefficient (Wildman–Crippen LogP) is 0.255. The van der Waals surface area contributed by atoms with Gasteiger partial charge in [0.2, 0.25) is 0 Å². The van der Waals surface area contributed by atoms with Crippen LogP contribution in [0.2, 0.25) is 0 Å². The lowest BCUT2D eigenvalue weighted by Crippen LogP contribution is -2.26. The molecule has 4 heteroatoms. The summed E-state index contributed by atoms with van der Waals surface area (Å²) in [6, 6.07) is 0. The predicted molar refractivity (Wildman–Crippen MR) is 39.5 cm³/mol. The Bertz CT molecular complexity index is 252. The van der Waals surface area contributed by atoms with Crippen LogP contribution in [-0.4, -0.2) is 22.6 Å². The van der Waals surface area contributed by atoms with Crippen LogP contribution in [0.3, 0.4) is 0 Å². The van der Waals surface area contributed by atoms with Crippen LogP contribution in [0, 0.1) is 11.3 Å². The molecule has 0 aromatic heterocycles. The summed E-state index contributed by atoms with van der Waals surface area (Å²) in [6.45, 7) is 2.54. The maximum atomic E-state index is 11.0. The first-order valence-electron chi connectivity index (χ1n) is 3.68. The molecule has 0 spiro atoms. The molecule has 0 heterocycles. The second-order valence-corrected chi connectivity index (χ2v) is 3.18. The zero-order valence-corrected chi connectivity index (χ0v) is 6.96. The van der Waals surface area contributed by atoms with Gasteiger partial charge in [0.05, 0.1) is 5.92 Å². The molecule has 1 rings (SSSR count). The van der Waals surface area contributed by atoms with Crippen molar-refractivity contribution >= 4 is 17.5 Å². The maximum Gasteiger partial charge on any atom is 0.308 e. The van der Waals surface area contributed by atoms with Crippen molar-refractivity contribution in [3.05, 3.63) is 0 Å². The summed E-state index contributed by atoms with van der Waals surface area (Å²) in [5, 5.41) is 8.58. The molecule has 0 saturated heterocycles. The van der Waals surface area contributed by atoms with Crippen molar-refractivity contribution in [1.82, 2.24) is 0 Å². The van der Waals surface area contributed by atoms with Crippen LogP contribution >= 0.6 is 0 Å². The Morgan fingerprint density at radius 1 is 1.25 bits per heavy atom. The van der Waals surface area contributed by atoms with Crippen molar-refractivity contribution < 1.29 is 19.5 Å². The number of aliphatic carboxylic acids is 1. The molecule has 1 unspecified atom stereocenters. The fourth-order valence-corrected chi connectivity index (χ4v) is 1.59. The van der Waals surface area contributed by atoms with Gasteiger partial charge in [-0.3, -0.25) is 14.4 Å². The van der Waals surface area contributed by atoms with E-state index in [0.717, 1.165) is 0 Å². The quantitative estimate of drug-likeness (QED) is 0.616. The molecule has 1 saturated carbocycles. The van der Waals surface area contributed by atoms with Gasteiger partial charge in [-0.25, -0.2) is 0 Å². The van der Waals surface area contributed by atoms with E-state index in [9.17, 15) is 14.4 Å². The molecule has 1 atom stereocenters. The third kappa shape index (κ3) is 0.948. The Morgan fingerprint density at radius 2 is 1.67 bits per heavy atom. The molecule has 66 valence electrons. The Labute approximate surface area is 69.6 Å². The second-order valence-electron chi connectivity index (χ2n) is 3.18. The van der Waals surface area contributed by atoms with Gasteiger partial charge in [0.15, 0.2) is 0 Å². The molecule has 0 aromatic rings. The van der Waals surface area contributed by atoms with Crippen LogP contribution in [0.1, 0.15) is 20.3 Å². The van der Waals surface area contributed by atoms with Crippen molar-refractivity contribution in [2.24, 2.45) is 11.3 Å². The van der Waals surface area contributed by atoms with Crippen LogP contribution in [0.5, 0.6) is 0 Å². The van der Waals surface area contributed by atoms with E-state index >= 15 is 0 Å². The topological polar surface area (TPSA) is 71.4 Å². The molecular weight excluding hydrogens is 160 g/mol. The standard InChI is InChI=1S/C8H10O4/c1-4(9)8(5(2)10)3-6(8)7(11)12/h6H,3H2,1-2H3,(H,11,12). The average molecular weight is 170 g/mol. The number of hydrogen-bond donors (Lipinski definition) is 1. The molecule has 0 amide bonds. The van der Waals surface area contributed by atoms with E-state index in [1.165, 1.54) is 13.8 Å². The van der Waals surface area contributed by atoms with E-state index in [2.05, 4.69) is 0 Å².